The monoisotopic (exact) mass is 214 g/mol. The molecule has 1 saturated carbocycles. The number of nitrogens with two attached hydrogens (primary N) is 1. The van der Waals surface area contributed by atoms with Crippen LogP contribution in [0, 0.1) is 5.92 Å². The third kappa shape index (κ3) is 3.74. The van der Waals surface area contributed by atoms with E-state index in [1.165, 1.54) is 12.8 Å². The standard InChI is InChI=1S/C12H26N2O/c1-9(2)12(13)5-6-14(3)10-7-11(8-10)15-4/h9-12H,5-8,13H2,1-4H3. The van der Waals surface area contributed by atoms with Gasteiger partial charge in [0.05, 0.1) is 6.10 Å². The van der Waals surface area contributed by atoms with Crippen LogP contribution < -0.4 is 5.73 Å². The van der Waals surface area contributed by atoms with E-state index in [1.807, 2.05) is 0 Å². The van der Waals surface area contributed by atoms with Crippen LogP contribution in [0.5, 0.6) is 0 Å². The van der Waals surface area contributed by atoms with Crippen LogP contribution in [-0.2, 0) is 4.74 Å². The number of hydrogen-bond acceptors (Lipinski definition) is 3. The molecule has 0 aromatic rings. The number of nitrogens with zero attached hydrogens (tertiary/aromatic N) is 1. The Morgan fingerprint density at radius 2 is 2.00 bits per heavy atom. The van der Waals surface area contributed by atoms with E-state index in [0.717, 1.165) is 13.0 Å². The fraction of sp³-hybridized carbons (Fsp3) is 1.00. The second-order valence-corrected chi connectivity index (χ2v) is 5.16. The zero-order chi connectivity index (χ0) is 11.4. The summed E-state index contributed by atoms with van der Waals surface area (Å²) in [4.78, 5) is 2.43. The first kappa shape index (κ1) is 12.9. The molecule has 3 heteroatoms. The lowest BCUT2D eigenvalue weighted by molar-refractivity contribution is -0.0201. The third-order valence-electron chi connectivity index (χ3n) is 3.70. The van der Waals surface area contributed by atoms with Crippen LogP contribution in [0.4, 0.5) is 0 Å². The summed E-state index contributed by atoms with van der Waals surface area (Å²) in [5.41, 5.74) is 6.03. The van der Waals surface area contributed by atoms with Crippen molar-refractivity contribution in [1.82, 2.24) is 4.90 Å². The molecule has 0 saturated heterocycles. The Hall–Kier alpha value is -0.120. The molecule has 0 aliphatic heterocycles. The fourth-order valence-corrected chi connectivity index (χ4v) is 1.96. The average molecular weight is 214 g/mol. The van der Waals surface area contributed by atoms with Crippen LogP contribution >= 0.6 is 0 Å². The van der Waals surface area contributed by atoms with Gasteiger partial charge in [-0.05, 0) is 38.8 Å². The molecule has 1 aliphatic rings. The van der Waals surface area contributed by atoms with Gasteiger partial charge in [-0.15, -0.1) is 0 Å². The van der Waals surface area contributed by atoms with E-state index in [-0.39, 0.29) is 0 Å². The van der Waals surface area contributed by atoms with Gasteiger partial charge < -0.3 is 15.4 Å². The van der Waals surface area contributed by atoms with Crippen LogP contribution in [0.1, 0.15) is 33.1 Å². The summed E-state index contributed by atoms with van der Waals surface area (Å²) < 4.78 is 5.28. The normalized spacial score (nSPS) is 28.2. The molecule has 3 nitrogen and oxygen atoms in total. The summed E-state index contributed by atoms with van der Waals surface area (Å²) in [6, 6.07) is 1.06. The lowest BCUT2D eigenvalue weighted by Gasteiger charge is -2.40. The molecule has 1 unspecified atom stereocenters. The molecular formula is C12H26N2O. The van der Waals surface area contributed by atoms with Gasteiger partial charge in [-0.1, -0.05) is 13.8 Å². The molecule has 0 aromatic heterocycles. The molecule has 0 aromatic carbocycles. The third-order valence-corrected chi connectivity index (χ3v) is 3.70. The molecule has 1 aliphatic carbocycles. The zero-order valence-corrected chi connectivity index (χ0v) is 10.6. The second-order valence-electron chi connectivity index (χ2n) is 5.16. The van der Waals surface area contributed by atoms with E-state index in [2.05, 4.69) is 25.8 Å². The van der Waals surface area contributed by atoms with Gasteiger partial charge in [-0.25, -0.2) is 0 Å². The lowest BCUT2D eigenvalue weighted by Crippen LogP contribution is -2.47. The number of hydrogen-bond donors (Lipinski definition) is 1. The van der Waals surface area contributed by atoms with E-state index in [1.54, 1.807) is 7.11 Å². The molecule has 0 spiro atoms. The molecule has 0 bridgehead atoms. The Morgan fingerprint density at radius 1 is 1.40 bits per heavy atom. The summed E-state index contributed by atoms with van der Waals surface area (Å²) in [6.07, 6.45) is 3.96. The summed E-state index contributed by atoms with van der Waals surface area (Å²) >= 11 is 0. The van der Waals surface area contributed by atoms with Crippen molar-refractivity contribution in [3.05, 3.63) is 0 Å². The lowest BCUT2D eigenvalue weighted by atomic mass is 9.88. The predicted molar refractivity (Wildman–Crippen MR) is 63.9 cm³/mol. The Balaban J connectivity index is 2.12. The van der Waals surface area contributed by atoms with Gasteiger partial charge in [0.2, 0.25) is 0 Å². The molecule has 0 radical (unpaired) electrons. The van der Waals surface area contributed by atoms with Gasteiger partial charge in [0.15, 0.2) is 0 Å². The molecule has 1 atom stereocenters. The molecule has 15 heavy (non-hydrogen) atoms. The largest absolute Gasteiger partial charge is 0.381 e. The van der Waals surface area contributed by atoms with Crippen molar-refractivity contribution < 1.29 is 4.74 Å². The molecular weight excluding hydrogens is 188 g/mol. The van der Waals surface area contributed by atoms with E-state index in [0.29, 0.717) is 24.1 Å². The summed E-state index contributed by atoms with van der Waals surface area (Å²) in [7, 11) is 4.00. The summed E-state index contributed by atoms with van der Waals surface area (Å²) in [5.74, 6) is 0.589. The predicted octanol–water partition coefficient (Wildman–Crippen LogP) is 1.47. The molecule has 1 rings (SSSR count). The highest BCUT2D eigenvalue weighted by Crippen LogP contribution is 2.27. The minimum Gasteiger partial charge on any atom is -0.381 e. The zero-order valence-electron chi connectivity index (χ0n) is 10.6. The van der Waals surface area contributed by atoms with Crippen molar-refractivity contribution >= 4 is 0 Å². The molecule has 1 fully saturated rings. The van der Waals surface area contributed by atoms with E-state index in [4.69, 9.17) is 10.5 Å². The Labute approximate surface area is 94.0 Å². The summed E-state index contributed by atoms with van der Waals surface area (Å²) in [5, 5.41) is 0. The van der Waals surface area contributed by atoms with Gasteiger partial charge in [-0.3, -0.25) is 0 Å². The van der Waals surface area contributed by atoms with Crippen LogP contribution in [0.3, 0.4) is 0 Å². The minimum absolute atomic E-state index is 0.339. The maximum absolute atomic E-state index is 6.03. The molecule has 0 amide bonds. The van der Waals surface area contributed by atoms with Crippen molar-refractivity contribution in [1.29, 1.82) is 0 Å². The van der Waals surface area contributed by atoms with Crippen molar-refractivity contribution in [2.24, 2.45) is 11.7 Å². The maximum atomic E-state index is 6.03. The van der Waals surface area contributed by atoms with Crippen molar-refractivity contribution in [3.8, 4) is 0 Å². The maximum Gasteiger partial charge on any atom is 0.0601 e. The van der Waals surface area contributed by atoms with Crippen LogP contribution in [0.2, 0.25) is 0 Å². The fourth-order valence-electron chi connectivity index (χ4n) is 1.96. The van der Waals surface area contributed by atoms with Gasteiger partial charge >= 0.3 is 0 Å². The first-order valence-electron chi connectivity index (χ1n) is 6.03. The first-order chi connectivity index (χ1) is 7.04. The van der Waals surface area contributed by atoms with E-state index in [9.17, 15) is 0 Å². The quantitative estimate of drug-likeness (QED) is 0.727. The number of rotatable bonds is 6. The Bertz CT molecular complexity index is 178. The number of methoxy groups -OCH3 is 1. The van der Waals surface area contributed by atoms with Crippen LogP contribution in [-0.4, -0.2) is 43.8 Å². The minimum atomic E-state index is 0.339. The smallest absolute Gasteiger partial charge is 0.0601 e. The highest BCUT2D eigenvalue weighted by Gasteiger charge is 2.31. The number of ether oxygens (including phenoxy) is 1. The van der Waals surface area contributed by atoms with E-state index >= 15 is 0 Å². The molecule has 90 valence electrons. The van der Waals surface area contributed by atoms with Gasteiger partial charge in [0, 0.05) is 19.2 Å². The van der Waals surface area contributed by atoms with Crippen LogP contribution in [0.25, 0.3) is 0 Å². The first-order valence-corrected chi connectivity index (χ1v) is 6.03. The van der Waals surface area contributed by atoms with Gasteiger partial charge in [0.25, 0.3) is 0 Å². The SMILES string of the molecule is COC1CC(N(C)CCC(N)C(C)C)C1. The van der Waals surface area contributed by atoms with E-state index < -0.39 is 0 Å². The van der Waals surface area contributed by atoms with Crippen molar-refractivity contribution in [3.63, 3.8) is 0 Å². The Morgan fingerprint density at radius 3 is 2.47 bits per heavy atom. The van der Waals surface area contributed by atoms with Crippen molar-refractivity contribution in [2.45, 2.75) is 51.3 Å². The summed E-state index contributed by atoms with van der Waals surface area (Å²) in [6.45, 7) is 5.49. The average Bonchev–Trinajstić information content (AvgIpc) is 2.12. The van der Waals surface area contributed by atoms with Gasteiger partial charge in [-0.2, -0.15) is 0 Å². The molecule has 0 heterocycles. The second kappa shape index (κ2) is 5.83. The van der Waals surface area contributed by atoms with Gasteiger partial charge in [0.1, 0.15) is 0 Å². The van der Waals surface area contributed by atoms with Crippen LogP contribution in [0.15, 0.2) is 0 Å². The Kier molecular flexibility index (Phi) is 5.03. The van der Waals surface area contributed by atoms with Crippen molar-refractivity contribution in [2.75, 3.05) is 20.7 Å². The highest BCUT2D eigenvalue weighted by molar-refractivity contribution is 4.87. The topological polar surface area (TPSA) is 38.5 Å². The molecule has 2 N–H and O–H groups in total. The highest BCUT2D eigenvalue weighted by atomic mass is 16.5.